The number of pyridine rings is 1. The molecule has 0 saturated heterocycles. The molecule has 0 bridgehead atoms. The van der Waals surface area contributed by atoms with Gasteiger partial charge in [0.15, 0.2) is 0 Å². The Hall–Kier alpha value is 0.125. The van der Waals surface area contributed by atoms with Crippen molar-refractivity contribution in [1.29, 1.82) is 0 Å². The van der Waals surface area contributed by atoms with Crippen LogP contribution in [0.15, 0.2) is 29.4 Å². The summed E-state index contributed by atoms with van der Waals surface area (Å²) in [5.74, 6) is 0. The van der Waals surface area contributed by atoms with Gasteiger partial charge in [0.05, 0.1) is 13.3 Å². The molecule has 1 rings (SSSR count). The van der Waals surface area contributed by atoms with Crippen LogP contribution in [-0.2, 0) is 10.1 Å². The maximum atomic E-state index is 10.2. The molecule has 4 nitrogen and oxygen atoms in total. The van der Waals surface area contributed by atoms with Crippen molar-refractivity contribution >= 4 is 18.5 Å². The van der Waals surface area contributed by atoms with Crippen molar-refractivity contribution in [2.45, 2.75) is 4.90 Å². The Morgan fingerprint density at radius 1 is 1.42 bits per heavy atom. The fourth-order valence-corrected chi connectivity index (χ4v) is 0.930. The van der Waals surface area contributed by atoms with Gasteiger partial charge >= 0.3 is 29.6 Å². The number of aromatic nitrogens is 1. The largest absolute Gasteiger partial charge is 1.00 e. The van der Waals surface area contributed by atoms with E-state index in [9.17, 15) is 13.0 Å². The Labute approximate surface area is 95.0 Å². The van der Waals surface area contributed by atoms with Gasteiger partial charge in [-0.2, -0.15) is 0 Å². The van der Waals surface area contributed by atoms with Crippen molar-refractivity contribution in [1.82, 2.24) is 4.98 Å². The molecule has 0 radical (unpaired) electrons. The number of hydrogen-bond donors (Lipinski definition) is 0. The van der Waals surface area contributed by atoms with E-state index in [2.05, 4.69) is 4.98 Å². The normalized spacial score (nSPS) is 9.42. The van der Waals surface area contributed by atoms with Gasteiger partial charge in [-0.05, 0) is 12.1 Å². The molecule has 0 saturated carbocycles. The second-order valence-corrected chi connectivity index (χ2v) is 3.02. The van der Waals surface area contributed by atoms with Crippen molar-refractivity contribution in [2.24, 2.45) is 0 Å². The molecule has 0 aliphatic carbocycles. The fourth-order valence-electron chi connectivity index (χ4n) is 0.495. The van der Waals surface area contributed by atoms with Gasteiger partial charge in [-0.15, -0.1) is 0 Å². The van der Waals surface area contributed by atoms with Gasteiger partial charge in [0.1, 0.15) is 10.1 Å². The van der Waals surface area contributed by atoms with Crippen LogP contribution >= 0.6 is 0 Å². The Morgan fingerprint density at radius 3 is 2.25 bits per heavy atom. The van der Waals surface area contributed by atoms with Crippen molar-refractivity contribution in [3.63, 3.8) is 0 Å². The standard InChI is InChI=1S/C5H5NO3S.BH3.Na/c7-10(8,9)5-2-1-3-6-4-5;;/h1-4H,(H,7,8,9);1H3;/q;;+1/p-1. The third-order valence-electron chi connectivity index (χ3n) is 0.923. The van der Waals surface area contributed by atoms with Crippen LogP contribution in [0, 0.1) is 0 Å². The van der Waals surface area contributed by atoms with Crippen LogP contribution in [0.25, 0.3) is 0 Å². The molecular weight excluding hydrogens is 188 g/mol. The first kappa shape index (κ1) is 14.6. The molecule has 0 amide bonds. The second-order valence-electron chi connectivity index (χ2n) is 1.64. The fraction of sp³-hybridized carbons (Fsp3) is 0. The van der Waals surface area contributed by atoms with E-state index in [1.54, 1.807) is 0 Å². The minimum Gasteiger partial charge on any atom is -0.744 e. The average molecular weight is 195 g/mol. The molecule has 0 N–H and O–H groups in total. The predicted octanol–water partition coefficient (Wildman–Crippen LogP) is -4.19. The van der Waals surface area contributed by atoms with Gasteiger partial charge in [0, 0.05) is 12.4 Å². The third kappa shape index (κ3) is 4.23. The van der Waals surface area contributed by atoms with Crippen LogP contribution in [0.3, 0.4) is 0 Å². The van der Waals surface area contributed by atoms with Crippen LogP contribution in [-0.4, -0.2) is 26.4 Å². The zero-order valence-electron chi connectivity index (χ0n) is 5.89. The molecule has 1 aromatic rings. The summed E-state index contributed by atoms with van der Waals surface area (Å²) in [5.41, 5.74) is 0. The molecule has 0 fully saturated rings. The van der Waals surface area contributed by atoms with Crippen molar-refractivity contribution in [3.8, 4) is 0 Å². The zero-order chi connectivity index (χ0) is 7.61. The van der Waals surface area contributed by atoms with Gasteiger partial charge in [-0.3, -0.25) is 4.98 Å². The molecule has 0 unspecified atom stereocenters. The molecule has 0 atom stereocenters. The average Bonchev–Trinajstić information content (AvgIpc) is 1.88. The van der Waals surface area contributed by atoms with E-state index in [0.29, 0.717) is 0 Å². The van der Waals surface area contributed by atoms with E-state index in [-0.39, 0.29) is 42.9 Å². The molecule has 0 aliphatic heterocycles. The summed E-state index contributed by atoms with van der Waals surface area (Å²) < 4.78 is 30.7. The van der Waals surface area contributed by atoms with Crippen LogP contribution in [0.5, 0.6) is 0 Å². The smallest absolute Gasteiger partial charge is 0.744 e. The number of nitrogens with zero attached hydrogens (tertiary/aromatic N) is 1. The number of hydrogen-bond acceptors (Lipinski definition) is 4. The Bertz CT molecular complexity index is 315. The van der Waals surface area contributed by atoms with Gasteiger partial charge < -0.3 is 4.55 Å². The maximum absolute atomic E-state index is 10.2. The molecule has 0 aliphatic rings. The molecule has 12 heavy (non-hydrogen) atoms. The van der Waals surface area contributed by atoms with Crippen LogP contribution in [0.2, 0.25) is 0 Å². The van der Waals surface area contributed by atoms with Crippen molar-refractivity contribution in [2.75, 3.05) is 0 Å². The summed E-state index contributed by atoms with van der Waals surface area (Å²) in [6.45, 7) is 0. The predicted molar refractivity (Wildman–Crippen MR) is 42.1 cm³/mol. The van der Waals surface area contributed by atoms with E-state index in [1.165, 1.54) is 18.3 Å². The minimum atomic E-state index is -4.32. The Kier molecular flexibility index (Phi) is 6.97. The maximum Gasteiger partial charge on any atom is 1.00 e. The summed E-state index contributed by atoms with van der Waals surface area (Å²) in [4.78, 5) is 3.18. The molecule has 60 valence electrons. The second kappa shape index (κ2) is 5.72. The topological polar surface area (TPSA) is 70.1 Å². The SMILES string of the molecule is B.O=S(=O)([O-])c1cccnc1.[Na+]. The first-order valence-corrected chi connectivity index (χ1v) is 3.87. The molecule has 0 spiro atoms. The van der Waals surface area contributed by atoms with Crippen LogP contribution in [0.1, 0.15) is 0 Å². The summed E-state index contributed by atoms with van der Waals surface area (Å²) in [6, 6.07) is 2.60. The Morgan fingerprint density at radius 2 is 2.00 bits per heavy atom. The summed E-state index contributed by atoms with van der Waals surface area (Å²) in [7, 11) is -4.32. The quantitative estimate of drug-likeness (QED) is 0.336. The molecule has 0 aromatic carbocycles. The van der Waals surface area contributed by atoms with E-state index in [0.717, 1.165) is 6.20 Å². The first-order valence-electron chi connectivity index (χ1n) is 2.46. The van der Waals surface area contributed by atoms with E-state index in [4.69, 9.17) is 0 Å². The van der Waals surface area contributed by atoms with Crippen LogP contribution in [0.4, 0.5) is 0 Å². The monoisotopic (exact) mass is 195 g/mol. The minimum absolute atomic E-state index is 0. The van der Waals surface area contributed by atoms with Crippen LogP contribution < -0.4 is 29.6 Å². The van der Waals surface area contributed by atoms with Gasteiger partial charge in [0.2, 0.25) is 0 Å². The van der Waals surface area contributed by atoms with Gasteiger partial charge in [0.25, 0.3) is 0 Å². The van der Waals surface area contributed by atoms with E-state index in [1.807, 2.05) is 0 Å². The summed E-state index contributed by atoms with van der Waals surface area (Å²) in [5, 5.41) is 0. The molecule has 1 aromatic heterocycles. The van der Waals surface area contributed by atoms with Crippen molar-refractivity contribution in [3.05, 3.63) is 24.5 Å². The first-order chi connectivity index (χ1) is 4.61. The summed E-state index contributed by atoms with van der Waals surface area (Å²) >= 11 is 0. The number of rotatable bonds is 1. The molecular formula is C5H7BNNaO3S. The van der Waals surface area contributed by atoms with Gasteiger partial charge in [-0.1, -0.05) is 0 Å². The van der Waals surface area contributed by atoms with Gasteiger partial charge in [-0.25, -0.2) is 8.42 Å². The molecule has 1 heterocycles. The Balaban J connectivity index is 0. The molecule has 7 heteroatoms. The zero-order valence-corrected chi connectivity index (χ0v) is 8.71. The summed E-state index contributed by atoms with van der Waals surface area (Å²) in [6.07, 6.45) is 2.41. The van der Waals surface area contributed by atoms with Crippen molar-refractivity contribution < 1.29 is 42.5 Å². The van der Waals surface area contributed by atoms with E-state index < -0.39 is 10.1 Å². The van der Waals surface area contributed by atoms with E-state index >= 15 is 0 Å². The third-order valence-corrected chi connectivity index (χ3v) is 1.74.